The molecule has 2 aromatic rings. The smallest absolute Gasteiger partial charge is 0.238 e. The maximum atomic E-state index is 11.7. The van der Waals surface area contributed by atoms with E-state index in [-0.39, 0.29) is 4.90 Å². The van der Waals surface area contributed by atoms with Gasteiger partial charge >= 0.3 is 0 Å². The minimum absolute atomic E-state index is 0.189. The van der Waals surface area contributed by atoms with Gasteiger partial charge in [0.2, 0.25) is 10.0 Å². The van der Waals surface area contributed by atoms with Gasteiger partial charge in [0.1, 0.15) is 0 Å². The zero-order chi connectivity index (χ0) is 17.9. The molecule has 1 atom stereocenters. The molecule has 1 heterocycles. The van der Waals surface area contributed by atoms with Gasteiger partial charge in [0.15, 0.2) is 0 Å². The molecule has 1 aliphatic rings. The summed E-state index contributed by atoms with van der Waals surface area (Å²) in [5.41, 5.74) is 2.85. The van der Waals surface area contributed by atoms with Crippen molar-refractivity contribution in [2.24, 2.45) is 5.14 Å². The number of piperidine rings is 1. The number of rotatable bonds is 5. The summed E-state index contributed by atoms with van der Waals surface area (Å²) in [4.78, 5) is 2.63. The fraction of sp³-hybridized carbons (Fsp3) is 0.368. The van der Waals surface area contributed by atoms with E-state index in [1.54, 1.807) is 19.1 Å². The van der Waals surface area contributed by atoms with Gasteiger partial charge in [0.05, 0.1) is 4.90 Å². The number of hydrogen-bond acceptors (Lipinski definition) is 4. The summed E-state index contributed by atoms with van der Waals surface area (Å²) in [7, 11) is -3.70. The molecule has 25 heavy (non-hydrogen) atoms. The lowest BCUT2D eigenvalue weighted by atomic mass is 10.0. The predicted molar refractivity (Wildman–Crippen MR) is 101 cm³/mol. The Balaban J connectivity index is 1.69. The molecule has 0 aromatic heterocycles. The third kappa shape index (κ3) is 4.60. The average molecular weight is 359 g/mol. The molecule has 1 saturated heterocycles. The molecule has 0 spiro atoms. The maximum absolute atomic E-state index is 11.7. The van der Waals surface area contributed by atoms with Crippen molar-refractivity contribution in [2.75, 3.05) is 18.4 Å². The Morgan fingerprint density at radius 3 is 2.64 bits per heavy atom. The number of benzene rings is 2. The molecule has 0 radical (unpaired) electrons. The van der Waals surface area contributed by atoms with Crippen LogP contribution in [0.2, 0.25) is 0 Å². The van der Waals surface area contributed by atoms with Gasteiger partial charge in [0, 0.05) is 24.8 Å². The molecule has 0 aliphatic carbocycles. The van der Waals surface area contributed by atoms with Crippen LogP contribution >= 0.6 is 0 Å². The van der Waals surface area contributed by atoms with E-state index in [0.717, 1.165) is 38.2 Å². The van der Waals surface area contributed by atoms with Crippen molar-refractivity contribution >= 4 is 15.7 Å². The third-order valence-electron chi connectivity index (χ3n) is 4.70. The number of nitrogens with zero attached hydrogens (tertiary/aromatic N) is 1. The van der Waals surface area contributed by atoms with E-state index < -0.39 is 10.0 Å². The monoisotopic (exact) mass is 359 g/mol. The highest BCUT2D eigenvalue weighted by Gasteiger charge is 2.21. The Morgan fingerprint density at radius 1 is 1.16 bits per heavy atom. The SMILES string of the molecule is Cc1c(NC2CCCN(Cc3ccccc3)C2)cccc1S(N)(=O)=O. The average Bonchev–Trinajstić information content (AvgIpc) is 2.57. The number of nitrogens with two attached hydrogens (primary N) is 1. The molecule has 2 aromatic carbocycles. The first kappa shape index (κ1) is 17.9. The van der Waals surface area contributed by atoms with Crippen LogP contribution in [-0.4, -0.2) is 32.4 Å². The van der Waals surface area contributed by atoms with Crippen molar-refractivity contribution in [3.8, 4) is 0 Å². The van der Waals surface area contributed by atoms with Gasteiger partial charge in [-0.2, -0.15) is 0 Å². The first-order valence-corrected chi connectivity index (χ1v) is 10.1. The second-order valence-corrected chi connectivity index (χ2v) is 8.21. The fourth-order valence-electron chi connectivity index (χ4n) is 3.46. The largest absolute Gasteiger partial charge is 0.381 e. The van der Waals surface area contributed by atoms with E-state index in [1.165, 1.54) is 5.56 Å². The summed E-state index contributed by atoms with van der Waals surface area (Å²) in [6.45, 7) is 4.76. The van der Waals surface area contributed by atoms with Crippen LogP contribution in [0.15, 0.2) is 53.4 Å². The molecule has 0 saturated carbocycles. The van der Waals surface area contributed by atoms with E-state index in [4.69, 9.17) is 5.14 Å². The van der Waals surface area contributed by atoms with Crippen LogP contribution in [0.4, 0.5) is 5.69 Å². The summed E-state index contributed by atoms with van der Waals surface area (Å²) < 4.78 is 23.4. The van der Waals surface area contributed by atoms with Crippen molar-refractivity contribution in [2.45, 2.75) is 37.2 Å². The lowest BCUT2D eigenvalue weighted by Gasteiger charge is -2.34. The van der Waals surface area contributed by atoms with Gasteiger partial charge in [-0.05, 0) is 49.6 Å². The molecule has 1 aliphatic heterocycles. The molecular weight excluding hydrogens is 334 g/mol. The van der Waals surface area contributed by atoms with Crippen molar-refractivity contribution in [3.05, 3.63) is 59.7 Å². The third-order valence-corrected chi connectivity index (χ3v) is 5.76. The van der Waals surface area contributed by atoms with Crippen LogP contribution in [0, 0.1) is 6.92 Å². The Hall–Kier alpha value is -1.89. The summed E-state index contributed by atoms with van der Waals surface area (Å²) in [6, 6.07) is 16.0. The molecule has 5 nitrogen and oxygen atoms in total. The highest BCUT2D eigenvalue weighted by Crippen LogP contribution is 2.25. The van der Waals surface area contributed by atoms with E-state index in [2.05, 4.69) is 34.5 Å². The van der Waals surface area contributed by atoms with Gasteiger partial charge < -0.3 is 5.32 Å². The Bertz CT molecular complexity index is 822. The lowest BCUT2D eigenvalue weighted by Crippen LogP contribution is -2.41. The normalized spacial score (nSPS) is 18.9. The highest BCUT2D eigenvalue weighted by atomic mass is 32.2. The van der Waals surface area contributed by atoms with Gasteiger partial charge in [-0.25, -0.2) is 13.6 Å². The second kappa shape index (κ2) is 7.56. The Morgan fingerprint density at radius 2 is 1.92 bits per heavy atom. The fourth-order valence-corrected chi connectivity index (χ4v) is 4.26. The van der Waals surface area contributed by atoms with E-state index >= 15 is 0 Å². The number of sulfonamides is 1. The van der Waals surface area contributed by atoms with Crippen LogP contribution in [-0.2, 0) is 16.6 Å². The van der Waals surface area contributed by atoms with Crippen molar-refractivity contribution < 1.29 is 8.42 Å². The maximum Gasteiger partial charge on any atom is 0.238 e. The van der Waals surface area contributed by atoms with Gasteiger partial charge in [-0.15, -0.1) is 0 Å². The molecule has 0 amide bonds. The molecule has 3 N–H and O–H groups in total. The molecule has 3 rings (SSSR count). The first-order chi connectivity index (χ1) is 11.9. The van der Waals surface area contributed by atoms with Crippen molar-refractivity contribution in [1.82, 2.24) is 4.90 Å². The van der Waals surface area contributed by atoms with E-state index in [0.29, 0.717) is 11.6 Å². The molecular formula is C19H25N3O2S. The van der Waals surface area contributed by atoms with Gasteiger partial charge in [-0.3, -0.25) is 4.90 Å². The van der Waals surface area contributed by atoms with Crippen LogP contribution < -0.4 is 10.5 Å². The van der Waals surface area contributed by atoms with E-state index in [1.807, 2.05) is 12.1 Å². The van der Waals surface area contributed by atoms with Gasteiger partial charge in [-0.1, -0.05) is 36.4 Å². The molecule has 134 valence electrons. The zero-order valence-corrected chi connectivity index (χ0v) is 15.3. The van der Waals surface area contributed by atoms with E-state index in [9.17, 15) is 8.42 Å². The number of anilines is 1. The topological polar surface area (TPSA) is 75.4 Å². The standard InChI is InChI=1S/C19H25N3O2S/c1-15-18(10-5-11-19(15)25(20,23)24)21-17-9-6-12-22(14-17)13-16-7-3-2-4-8-16/h2-5,7-8,10-11,17,21H,6,9,12-14H2,1H3,(H2,20,23,24). The zero-order valence-electron chi connectivity index (χ0n) is 14.5. The number of likely N-dealkylation sites (tertiary alicyclic amines) is 1. The second-order valence-electron chi connectivity index (χ2n) is 6.68. The predicted octanol–water partition coefficient (Wildman–Crippen LogP) is 2.72. The molecule has 0 bridgehead atoms. The van der Waals surface area contributed by atoms with Crippen LogP contribution in [0.25, 0.3) is 0 Å². The molecule has 1 fully saturated rings. The first-order valence-electron chi connectivity index (χ1n) is 8.59. The minimum Gasteiger partial charge on any atom is -0.381 e. The van der Waals surface area contributed by atoms with Crippen LogP contribution in [0.5, 0.6) is 0 Å². The molecule has 6 heteroatoms. The lowest BCUT2D eigenvalue weighted by molar-refractivity contribution is 0.208. The van der Waals surface area contributed by atoms with Crippen molar-refractivity contribution in [3.63, 3.8) is 0 Å². The van der Waals surface area contributed by atoms with Crippen LogP contribution in [0.3, 0.4) is 0 Å². The van der Waals surface area contributed by atoms with Crippen LogP contribution in [0.1, 0.15) is 24.0 Å². The number of nitrogens with one attached hydrogen (secondary N) is 1. The number of hydrogen-bond donors (Lipinski definition) is 2. The number of primary sulfonamides is 1. The minimum atomic E-state index is -3.70. The summed E-state index contributed by atoms with van der Waals surface area (Å²) in [5.74, 6) is 0. The summed E-state index contributed by atoms with van der Waals surface area (Å²) in [5, 5.41) is 8.82. The quantitative estimate of drug-likeness (QED) is 0.861. The summed E-state index contributed by atoms with van der Waals surface area (Å²) in [6.07, 6.45) is 2.20. The molecule has 1 unspecified atom stereocenters. The van der Waals surface area contributed by atoms with Crippen molar-refractivity contribution in [1.29, 1.82) is 0 Å². The highest BCUT2D eigenvalue weighted by molar-refractivity contribution is 7.89. The Labute approximate surface area is 149 Å². The summed E-state index contributed by atoms with van der Waals surface area (Å²) >= 11 is 0. The Kier molecular flexibility index (Phi) is 5.42. The van der Waals surface area contributed by atoms with Gasteiger partial charge in [0.25, 0.3) is 0 Å².